The van der Waals surface area contributed by atoms with Crippen LogP contribution in [0.3, 0.4) is 0 Å². The molecule has 0 saturated heterocycles. The van der Waals surface area contributed by atoms with Crippen LogP contribution in [0.4, 0.5) is 0 Å². The van der Waals surface area contributed by atoms with Gasteiger partial charge in [-0.25, -0.2) is 0 Å². The number of carbonyl (C=O) groups excluding carboxylic acids is 1. The minimum Gasteiger partial charge on any atom is -0.484 e. The van der Waals surface area contributed by atoms with Crippen molar-refractivity contribution in [3.8, 4) is 5.75 Å². The van der Waals surface area contributed by atoms with Gasteiger partial charge in [-0.3, -0.25) is 4.79 Å². The molecule has 7 nitrogen and oxygen atoms in total. The molecule has 4 aromatic rings. The van der Waals surface area contributed by atoms with Gasteiger partial charge in [-0.2, -0.15) is 0 Å². The molecule has 1 N–H and O–H groups in total. The first kappa shape index (κ1) is 22.7. The quantitative estimate of drug-likeness (QED) is 0.321. The summed E-state index contributed by atoms with van der Waals surface area (Å²) in [4.78, 5) is 12.7. The van der Waals surface area contributed by atoms with Gasteiger partial charge < -0.3 is 18.9 Å². The van der Waals surface area contributed by atoms with Gasteiger partial charge in [0, 0.05) is 27.3 Å². The molecule has 1 amide bonds. The Balaban J connectivity index is 1.09. The van der Waals surface area contributed by atoms with E-state index in [1.54, 1.807) is 30.3 Å². The summed E-state index contributed by atoms with van der Waals surface area (Å²) >= 11 is 11.9. The Morgan fingerprint density at radius 3 is 2.53 bits per heavy atom. The van der Waals surface area contributed by atoms with Gasteiger partial charge in [0.15, 0.2) is 6.61 Å². The molecule has 1 aliphatic carbocycles. The summed E-state index contributed by atoms with van der Waals surface area (Å²) in [6.45, 7) is 0.548. The molecule has 34 heavy (non-hydrogen) atoms. The van der Waals surface area contributed by atoms with E-state index in [2.05, 4.69) is 15.5 Å². The van der Waals surface area contributed by atoms with E-state index in [-0.39, 0.29) is 24.3 Å². The van der Waals surface area contributed by atoms with E-state index in [1.165, 1.54) is 0 Å². The smallest absolute Gasteiger partial charge is 0.253 e. The molecule has 0 spiro atoms. The molecule has 2 aromatic heterocycles. The predicted octanol–water partition coefficient (Wildman–Crippen LogP) is 6.29. The van der Waals surface area contributed by atoms with Crippen molar-refractivity contribution in [2.24, 2.45) is 5.92 Å². The van der Waals surface area contributed by atoms with Gasteiger partial charge in [0.2, 0.25) is 11.8 Å². The van der Waals surface area contributed by atoms with Crippen molar-refractivity contribution in [3.05, 3.63) is 76.1 Å². The number of fused-ring (bicyclic) bond motifs is 1. The van der Waals surface area contributed by atoms with Gasteiger partial charge in [-0.05, 0) is 74.2 Å². The third kappa shape index (κ3) is 5.37. The van der Waals surface area contributed by atoms with E-state index in [0.29, 0.717) is 39.9 Å². The van der Waals surface area contributed by atoms with Crippen molar-refractivity contribution in [2.75, 3.05) is 0 Å². The molecule has 0 atom stereocenters. The highest BCUT2D eigenvalue weighted by molar-refractivity contribution is 6.31. The third-order valence-corrected chi connectivity index (χ3v) is 6.56. The average Bonchev–Trinajstić information content (AvgIpc) is 3.49. The maximum absolute atomic E-state index is 12.7. The third-order valence-electron chi connectivity index (χ3n) is 6.07. The molecule has 2 heterocycles. The van der Waals surface area contributed by atoms with Crippen LogP contribution in [0.2, 0.25) is 10.0 Å². The van der Waals surface area contributed by atoms with Crippen molar-refractivity contribution in [2.45, 2.75) is 44.8 Å². The predicted molar refractivity (Wildman–Crippen MR) is 128 cm³/mol. The maximum atomic E-state index is 12.7. The highest BCUT2D eigenvalue weighted by Crippen LogP contribution is 2.35. The lowest BCUT2D eigenvalue weighted by molar-refractivity contribution is -0.126. The molecule has 2 aromatic carbocycles. The molecule has 1 aliphatic rings. The minimum atomic E-state index is -0.0364. The van der Waals surface area contributed by atoms with Crippen molar-refractivity contribution >= 4 is 40.1 Å². The Labute approximate surface area is 206 Å². The minimum absolute atomic E-state index is 0.0364. The summed E-state index contributed by atoms with van der Waals surface area (Å²) in [5.41, 5.74) is 0.756. The number of furan rings is 1. The maximum Gasteiger partial charge on any atom is 0.253 e. The average molecular weight is 500 g/mol. The Hall–Kier alpha value is -3.03. The number of ether oxygens (including phenoxy) is 1. The molecule has 0 bridgehead atoms. The Bertz CT molecular complexity index is 1280. The van der Waals surface area contributed by atoms with Crippen molar-refractivity contribution in [1.29, 1.82) is 0 Å². The number of halogens is 2. The Morgan fingerprint density at radius 1 is 0.971 bits per heavy atom. The van der Waals surface area contributed by atoms with Gasteiger partial charge in [0.05, 0.1) is 6.54 Å². The zero-order chi connectivity index (χ0) is 23.5. The fraction of sp³-hybridized carbons (Fsp3) is 0.320. The normalized spacial score (nSPS) is 18.2. The highest BCUT2D eigenvalue weighted by atomic mass is 35.5. The summed E-state index contributed by atoms with van der Waals surface area (Å²) in [7, 11) is 0. The molecule has 9 heteroatoms. The van der Waals surface area contributed by atoms with Gasteiger partial charge >= 0.3 is 0 Å². The molecule has 5 rings (SSSR count). The fourth-order valence-corrected chi connectivity index (χ4v) is 4.55. The number of nitrogens with one attached hydrogen (secondary N) is 1. The second-order valence-electron chi connectivity index (χ2n) is 8.44. The molecular weight excluding hydrogens is 477 g/mol. The number of hydrogen-bond donors (Lipinski definition) is 1. The highest BCUT2D eigenvalue weighted by Gasteiger charge is 2.30. The first-order valence-corrected chi connectivity index (χ1v) is 12.0. The second-order valence-corrected chi connectivity index (χ2v) is 9.31. The topological polar surface area (TPSA) is 90.4 Å². The second kappa shape index (κ2) is 10.1. The van der Waals surface area contributed by atoms with E-state index in [0.717, 1.165) is 36.7 Å². The van der Waals surface area contributed by atoms with E-state index < -0.39 is 0 Å². The number of amides is 1. The lowest BCUT2D eigenvalue weighted by atomic mass is 9.81. The van der Waals surface area contributed by atoms with Gasteiger partial charge in [-0.1, -0.05) is 23.2 Å². The van der Waals surface area contributed by atoms with Crippen LogP contribution in [0.15, 0.2) is 57.4 Å². The van der Waals surface area contributed by atoms with E-state index >= 15 is 0 Å². The zero-order valence-electron chi connectivity index (χ0n) is 18.3. The number of rotatable bonds is 7. The molecule has 0 radical (unpaired) electrons. The van der Waals surface area contributed by atoms with Gasteiger partial charge in [-0.15, -0.1) is 10.2 Å². The number of nitrogens with zero attached hydrogens (tertiary/aromatic N) is 2. The lowest BCUT2D eigenvalue weighted by Crippen LogP contribution is -2.32. The van der Waals surface area contributed by atoms with Gasteiger partial charge in [0.25, 0.3) is 5.89 Å². The number of hydrogen-bond acceptors (Lipinski definition) is 6. The summed E-state index contributed by atoms with van der Waals surface area (Å²) in [6.07, 6.45) is 3.18. The zero-order valence-corrected chi connectivity index (χ0v) is 19.8. The van der Waals surface area contributed by atoms with Crippen LogP contribution in [-0.4, -0.2) is 16.1 Å². The SMILES string of the molecule is O=C(NCc1cc2cc(Cl)ccc2o1)C1CCC(c2nnc(COc3ccc(Cl)cc3)o2)CC1. The van der Waals surface area contributed by atoms with E-state index in [4.69, 9.17) is 36.8 Å². The van der Waals surface area contributed by atoms with Crippen LogP contribution in [0.25, 0.3) is 11.0 Å². The van der Waals surface area contributed by atoms with Crippen LogP contribution in [0.5, 0.6) is 5.75 Å². The summed E-state index contributed by atoms with van der Waals surface area (Å²) in [6, 6.07) is 14.5. The largest absolute Gasteiger partial charge is 0.484 e. The molecule has 0 aliphatic heterocycles. The lowest BCUT2D eigenvalue weighted by Gasteiger charge is -2.25. The van der Waals surface area contributed by atoms with Gasteiger partial charge in [0.1, 0.15) is 17.1 Å². The Kier molecular flexibility index (Phi) is 6.74. The molecule has 1 fully saturated rings. The standard InChI is InChI=1S/C25H23Cl2N3O4/c26-18-5-8-20(9-6-18)32-14-23-29-30-25(34-23)16-3-1-15(2-4-16)24(31)28-13-21-12-17-11-19(27)7-10-22(17)33-21/h5-12,15-16H,1-4,13-14H2,(H,28,31). The molecule has 1 saturated carbocycles. The summed E-state index contributed by atoms with van der Waals surface area (Å²) < 4.78 is 17.2. The fourth-order valence-electron chi connectivity index (χ4n) is 4.24. The number of aromatic nitrogens is 2. The summed E-state index contributed by atoms with van der Waals surface area (Å²) in [5.74, 6) is 2.58. The van der Waals surface area contributed by atoms with Crippen LogP contribution in [-0.2, 0) is 17.9 Å². The molecule has 176 valence electrons. The monoisotopic (exact) mass is 499 g/mol. The van der Waals surface area contributed by atoms with Crippen LogP contribution < -0.4 is 10.1 Å². The number of carbonyl (C=O) groups is 1. The summed E-state index contributed by atoms with van der Waals surface area (Å²) in [5, 5.41) is 13.5. The molecular formula is C25H23Cl2N3O4. The van der Waals surface area contributed by atoms with Crippen LogP contribution >= 0.6 is 23.2 Å². The van der Waals surface area contributed by atoms with E-state index in [9.17, 15) is 4.79 Å². The van der Waals surface area contributed by atoms with Crippen molar-refractivity contribution < 1.29 is 18.4 Å². The van der Waals surface area contributed by atoms with Crippen LogP contribution in [0.1, 0.15) is 49.1 Å². The number of benzene rings is 2. The van der Waals surface area contributed by atoms with Crippen LogP contribution in [0, 0.1) is 5.92 Å². The van der Waals surface area contributed by atoms with Crippen molar-refractivity contribution in [3.63, 3.8) is 0 Å². The molecule has 0 unspecified atom stereocenters. The van der Waals surface area contributed by atoms with E-state index in [1.807, 2.05) is 18.2 Å². The first-order chi connectivity index (χ1) is 16.5. The van der Waals surface area contributed by atoms with Crippen molar-refractivity contribution in [1.82, 2.24) is 15.5 Å². The first-order valence-electron chi connectivity index (χ1n) is 11.2. The Morgan fingerprint density at radius 2 is 1.74 bits per heavy atom.